The van der Waals surface area contributed by atoms with Gasteiger partial charge in [0.1, 0.15) is 58.2 Å². The number of ketones is 4. The van der Waals surface area contributed by atoms with Crippen molar-refractivity contribution in [3.05, 3.63) is 319 Å². The van der Waals surface area contributed by atoms with E-state index in [1.54, 1.807) is 86.9 Å². The van der Waals surface area contributed by atoms with Gasteiger partial charge < -0.3 is 22.9 Å². The predicted octanol–water partition coefficient (Wildman–Crippen LogP) is 14.2. The fourth-order valence-corrected chi connectivity index (χ4v) is 13.5. The van der Waals surface area contributed by atoms with Gasteiger partial charge in [0.15, 0.2) is 34.1 Å². The Bertz CT molecular complexity index is 6680. The topological polar surface area (TPSA) is 384 Å². The summed E-state index contributed by atoms with van der Waals surface area (Å²) in [5.74, 6) is -1.22. The van der Waals surface area contributed by atoms with Gasteiger partial charge in [-0.25, -0.2) is 27.4 Å². The molecule has 0 fully saturated rings. The molecule has 16 rings (SSSR count). The van der Waals surface area contributed by atoms with Crippen LogP contribution in [0.3, 0.4) is 0 Å². The van der Waals surface area contributed by atoms with Crippen molar-refractivity contribution in [1.29, 1.82) is 10.5 Å². The standard InChI is InChI=1S/3C23H18FN5O.C19H16FN7O.CH4/c1-14-6-11-19(24)18(22(14)26-2)13-17(30)12-15-7-9-16(10-8-15)20-4-3-5-21-27-28-23(25)29(20)21;1-14-9-17(20(24)12-18(14)13-25)11-19(30)10-15-5-7-16(8-6-15)21-3-2-4-22-27-28-23(26)29(21)22;1-14-9-17(22(24)18(10-14)13-25)12-19(30)11-15-5-7-16(8-6-15)20-3-2-4-21-27-28-23(26)29(20)21;1-11-5-6-14(20)12(7-11)8-13(28)9-17-22-10-15(23-24-17)16-3-2-4-18-25-26-19(21)27(16)18;/h3-11H,12-13H2,1H3,(H2,25,28);2-9,12H,10-11H2,1H3,(H2,26,28);2-10H,11-12H2,1H3,(H2,26,28);2-7,10H,8-9H2,1H3,(H2,21,26);1H4. The first-order valence-corrected chi connectivity index (χ1v) is 36.6. The first kappa shape index (κ1) is 82.6. The maximum atomic E-state index is 14.3. The molecule has 0 saturated heterocycles. The number of rotatable bonds is 20. The molecule has 0 amide bonds. The molecule has 0 aliphatic heterocycles. The summed E-state index contributed by atoms with van der Waals surface area (Å²) >= 11 is 0. The Hall–Kier alpha value is -15.9. The number of pyridine rings is 4. The molecule has 0 aliphatic carbocycles. The van der Waals surface area contributed by atoms with Crippen molar-refractivity contribution in [1.82, 2.24) is 73.6 Å². The lowest BCUT2D eigenvalue weighted by Crippen LogP contribution is -2.11. The van der Waals surface area contributed by atoms with Gasteiger partial charge in [-0.2, -0.15) is 10.5 Å². The second-order valence-corrected chi connectivity index (χ2v) is 27.7. The highest BCUT2D eigenvalue weighted by atomic mass is 19.1. The summed E-state index contributed by atoms with van der Waals surface area (Å²) < 4.78 is 63.4. The summed E-state index contributed by atoms with van der Waals surface area (Å²) in [6, 6.07) is 62.0. The van der Waals surface area contributed by atoms with Gasteiger partial charge in [-0.05, 0) is 167 Å². The number of aromatic nitrogens is 15. The Morgan fingerprint density at radius 3 is 1.24 bits per heavy atom. The average molecular weight is 1590 g/mol. The number of aryl methyl sites for hydroxylation is 4. The van der Waals surface area contributed by atoms with Crippen molar-refractivity contribution >= 4 is 75.2 Å². The van der Waals surface area contributed by atoms with Crippen molar-refractivity contribution < 1.29 is 36.7 Å². The van der Waals surface area contributed by atoms with Gasteiger partial charge in [-0.3, -0.25) is 36.8 Å². The third-order valence-corrected chi connectivity index (χ3v) is 19.2. The summed E-state index contributed by atoms with van der Waals surface area (Å²) in [4.78, 5) is 57.4. The minimum atomic E-state index is -0.619. The summed E-state index contributed by atoms with van der Waals surface area (Å²) in [5, 5.41) is 57.7. The largest absolute Gasteiger partial charge is 0.368 e. The number of hydrogen-bond donors (Lipinski definition) is 4. The quantitative estimate of drug-likeness (QED) is 0.0407. The van der Waals surface area contributed by atoms with Crippen LogP contribution in [0.5, 0.6) is 0 Å². The lowest BCUT2D eigenvalue weighted by Gasteiger charge is -2.09. The molecule has 0 atom stereocenters. The third-order valence-electron chi connectivity index (χ3n) is 19.2. The molecule has 30 heteroatoms. The van der Waals surface area contributed by atoms with Gasteiger partial charge >= 0.3 is 0 Å². The van der Waals surface area contributed by atoms with Gasteiger partial charge in [0.2, 0.25) is 23.8 Å². The number of benzene rings is 7. The highest BCUT2D eigenvalue weighted by molar-refractivity contribution is 5.87. The molecule has 26 nitrogen and oxygen atoms in total. The smallest absolute Gasteiger partial charge is 0.227 e. The molecule has 7 aromatic carbocycles. The van der Waals surface area contributed by atoms with Crippen molar-refractivity contribution in [2.45, 2.75) is 86.5 Å². The summed E-state index contributed by atoms with van der Waals surface area (Å²) in [6.07, 6.45) is 1.81. The number of halogens is 4. The molecule has 592 valence electrons. The molecule has 9 aromatic heterocycles. The second-order valence-electron chi connectivity index (χ2n) is 27.7. The van der Waals surface area contributed by atoms with E-state index in [0.29, 0.717) is 74.1 Å². The predicted molar refractivity (Wildman–Crippen MR) is 441 cm³/mol. The number of carbonyl (C=O) groups excluding carboxylic acids is 4. The van der Waals surface area contributed by atoms with E-state index in [0.717, 1.165) is 61.6 Å². The molecule has 8 N–H and O–H groups in total. The van der Waals surface area contributed by atoms with Crippen LogP contribution >= 0.6 is 0 Å². The number of nitrogens with two attached hydrogens (primary N) is 4. The fourth-order valence-electron chi connectivity index (χ4n) is 13.5. The maximum Gasteiger partial charge on any atom is 0.227 e. The third kappa shape index (κ3) is 19.0. The number of anilines is 4. The molecular weight excluding hydrogens is 1520 g/mol. The van der Waals surface area contributed by atoms with Gasteiger partial charge in [0.05, 0.1) is 59.2 Å². The minimum Gasteiger partial charge on any atom is -0.368 e. The van der Waals surface area contributed by atoms with Crippen molar-refractivity contribution in [3.63, 3.8) is 0 Å². The molecule has 0 spiro atoms. The molecule has 0 aliphatic rings. The zero-order valence-corrected chi connectivity index (χ0v) is 63.8. The van der Waals surface area contributed by atoms with Crippen LogP contribution in [0.2, 0.25) is 0 Å². The second kappa shape index (κ2) is 36.5. The first-order chi connectivity index (χ1) is 56.9. The maximum absolute atomic E-state index is 14.3. The molecule has 0 saturated carbocycles. The molecule has 0 unspecified atom stereocenters. The molecule has 0 radical (unpaired) electrons. The monoisotopic (exact) mass is 1590 g/mol. The van der Waals surface area contributed by atoms with Crippen LogP contribution < -0.4 is 22.9 Å². The molecule has 119 heavy (non-hydrogen) atoms. The van der Waals surface area contributed by atoms with Gasteiger partial charge in [-0.15, -0.1) is 51.0 Å². The van der Waals surface area contributed by atoms with E-state index in [-0.39, 0.29) is 122 Å². The van der Waals surface area contributed by atoms with Crippen LogP contribution in [0.4, 0.5) is 47.0 Å². The number of nitrogen functional groups attached to an aromatic ring is 4. The summed E-state index contributed by atoms with van der Waals surface area (Å²) in [7, 11) is 0. The van der Waals surface area contributed by atoms with E-state index in [1.165, 1.54) is 30.5 Å². The van der Waals surface area contributed by atoms with Crippen LogP contribution in [0, 0.1) is 80.2 Å². The Balaban J connectivity index is 0.000000145. The average Bonchev–Trinajstić information content (AvgIpc) is 1.67. The van der Waals surface area contributed by atoms with E-state index < -0.39 is 23.3 Å². The van der Waals surface area contributed by atoms with E-state index in [2.05, 4.69) is 60.8 Å². The number of fused-ring (bicyclic) bond motifs is 4. The number of carbonyl (C=O) groups is 4. The van der Waals surface area contributed by atoms with E-state index in [4.69, 9.17) is 40.0 Å². The number of hydrogen-bond acceptors (Lipinski definition) is 21. The lowest BCUT2D eigenvalue weighted by molar-refractivity contribution is -0.118. The van der Waals surface area contributed by atoms with Crippen LogP contribution in [-0.2, 0) is 70.5 Å². The Labute approximate surface area is 678 Å². The highest BCUT2D eigenvalue weighted by Gasteiger charge is 2.21. The minimum absolute atomic E-state index is 0. The Kier molecular flexibility index (Phi) is 25.3. The summed E-state index contributed by atoms with van der Waals surface area (Å²) in [6.45, 7) is 14.4. The van der Waals surface area contributed by atoms with Gasteiger partial charge in [0, 0.05) is 50.5 Å². The molecule has 9 heterocycles. The van der Waals surface area contributed by atoms with Gasteiger partial charge in [-0.1, -0.05) is 140 Å². The number of nitriles is 2. The van der Waals surface area contributed by atoms with Gasteiger partial charge in [0.25, 0.3) is 0 Å². The van der Waals surface area contributed by atoms with E-state index in [9.17, 15) is 36.7 Å². The first-order valence-electron chi connectivity index (χ1n) is 36.6. The number of Topliss-reactive ketones (excluding diaryl/α,β-unsaturated/α-hetero) is 4. The van der Waals surface area contributed by atoms with E-state index >= 15 is 0 Å². The van der Waals surface area contributed by atoms with E-state index in [1.807, 2.05) is 146 Å². The lowest BCUT2D eigenvalue weighted by atomic mass is 9.98. The zero-order chi connectivity index (χ0) is 83.4. The van der Waals surface area contributed by atoms with Crippen molar-refractivity contribution in [2.24, 2.45) is 0 Å². The molecule has 0 bridgehead atoms. The SMILES string of the molecule is C.Cc1cc(C#N)c(F)c(CC(=O)Cc2ccc(-c3cccc4nnc(N)n34)cc2)c1.Cc1cc(CC(=O)Cc2ccc(-c3cccc4nnc(N)n34)cc2)c(F)cc1C#N.Cc1ccc(F)c(CC(=O)Cc2ncc(-c3cccc4nnc(N)n34)nn2)c1.[C-]#[N+]c1c(C)ccc(F)c1CC(=O)Cc1ccc(-c2cccc3nnc(N)n23)cc1. The van der Waals surface area contributed by atoms with Crippen LogP contribution in [0.1, 0.15) is 85.6 Å². The highest BCUT2D eigenvalue weighted by Crippen LogP contribution is 2.31. The Morgan fingerprint density at radius 2 is 0.798 bits per heavy atom. The fraction of sp³-hybridized carbons (Fsp3) is 0.146. The summed E-state index contributed by atoms with van der Waals surface area (Å²) in [5.41, 5.74) is 39.5. The normalized spacial score (nSPS) is 10.8. The molecular formula is C89H74F4N22O4. The van der Waals surface area contributed by atoms with Crippen LogP contribution in [0.15, 0.2) is 206 Å². The van der Waals surface area contributed by atoms with Crippen LogP contribution in [-0.4, -0.2) is 96.7 Å². The Morgan fingerprint density at radius 1 is 0.395 bits per heavy atom. The zero-order valence-electron chi connectivity index (χ0n) is 63.8. The van der Waals surface area contributed by atoms with Crippen molar-refractivity contribution in [2.75, 3.05) is 22.9 Å². The number of nitrogens with zero attached hydrogens (tertiary/aromatic N) is 18. The van der Waals surface area contributed by atoms with Crippen LogP contribution in [0.25, 0.3) is 72.6 Å². The molecule has 16 aromatic rings. The van der Waals surface area contributed by atoms with Crippen molar-refractivity contribution in [3.8, 4) is 57.3 Å².